The number of carbonyl (C=O) groups is 2. The Morgan fingerprint density at radius 3 is 2.47 bits per heavy atom. The van der Waals surface area contributed by atoms with E-state index in [1.54, 1.807) is 24.3 Å². The van der Waals surface area contributed by atoms with Crippen molar-refractivity contribution in [3.8, 4) is 17.4 Å². The molecule has 3 N–H and O–H groups in total. The number of fused-ring (bicyclic) bond motifs is 1. The number of para-hydroxylation sites is 1. The van der Waals surface area contributed by atoms with Crippen LogP contribution in [0.5, 0.6) is 17.4 Å². The zero-order valence-corrected chi connectivity index (χ0v) is 28.1. The van der Waals surface area contributed by atoms with Gasteiger partial charge in [-0.15, -0.1) is 0 Å². The summed E-state index contributed by atoms with van der Waals surface area (Å²) in [5, 5.41) is 8.83. The molecule has 12 heteroatoms. The maximum atomic E-state index is 15.1. The van der Waals surface area contributed by atoms with Crippen LogP contribution in [0.3, 0.4) is 0 Å². The molecule has 1 saturated heterocycles. The lowest BCUT2D eigenvalue weighted by Gasteiger charge is -2.34. The molecule has 0 spiro atoms. The second-order valence-electron chi connectivity index (χ2n) is 12.4. The van der Waals surface area contributed by atoms with E-state index < -0.39 is 11.7 Å². The van der Waals surface area contributed by atoms with Gasteiger partial charge in [0.1, 0.15) is 17.9 Å². The van der Waals surface area contributed by atoms with Crippen molar-refractivity contribution in [2.75, 3.05) is 61.8 Å². The molecule has 2 aliphatic heterocycles. The number of rotatable bonds is 12. The number of piperazine rings is 1. The topological polar surface area (TPSA) is 121 Å². The van der Waals surface area contributed by atoms with Gasteiger partial charge in [-0.25, -0.2) is 9.37 Å². The van der Waals surface area contributed by atoms with Gasteiger partial charge in [-0.3, -0.25) is 14.5 Å². The van der Waals surface area contributed by atoms with E-state index in [0.717, 1.165) is 62.4 Å². The number of nitrogens with one attached hydrogen (secondary N) is 3. The van der Waals surface area contributed by atoms with Crippen molar-refractivity contribution in [2.24, 2.45) is 0 Å². The van der Waals surface area contributed by atoms with Crippen LogP contribution in [0.25, 0.3) is 0 Å². The van der Waals surface area contributed by atoms with Crippen LogP contribution in [-0.2, 0) is 11.2 Å². The van der Waals surface area contributed by atoms with E-state index in [0.29, 0.717) is 42.3 Å². The molecule has 2 amide bonds. The first-order chi connectivity index (χ1) is 23.7. The number of hydrogen-bond acceptors (Lipinski definition) is 9. The number of aromatic nitrogens is 2. The Morgan fingerprint density at radius 2 is 1.73 bits per heavy atom. The standard InChI is InChI=1S/C37H42FN7O4/c1-4-14-44-15-17-45(18-16-44)19-20-48-32-12-10-27(21-30(32)38)40-37-39-23-29(35(47)42-34-24(2)6-5-7-25(34)3)36(43-37)49-28-11-8-26-9-13-33(46)41-31(26)22-28/h5-8,10-12,21-23H,4,9,13-20H2,1-3H3,(H,41,46)(H,42,47)(H,39,40,43). The zero-order valence-electron chi connectivity index (χ0n) is 28.1. The second kappa shape index (κ2) is 15.4. The number of benzene rings is 3. The van der Waals surface area contributed by atoms with E-state index in [-0.39, 0.29) is 29.0 Å². The lowest BCUT2D eigenvalue weighted by atomic mass is 10.0. The van der Waals surface area contributed by atoms with Gasteiger partial charge < -0.3 is 30.3 Å². The van der Waals surface area contributed by atoms with Crippen LogP contribution in [-0.4, -0.2) is 77.5 Å². The third-order valence-electron chi connectivity index (χ3n) is 8.77. The van der Waals surface area contributed by atoms with Crippen LogP contribution in [0.15, 0.2) is 60.8 Å². The van der Waals surface area contributed by atoms with Crippen LogP contribution in [0.1, 0.15) is 46.8 Å². The summed E-state index contributed by atoms with van der Waals surface area (Å²) in [4.78, 5) is 39.2. The number of amides is 2. The van der Waals surface area contributed by atoms with Gasteiger partial charge in [-0.05, 0) is 68.1 Å². The molecule has 4 aromatic rings. The van der Waals surface area contributed by atoms with Gasteiger partial charge in [0.05, 0.1) is 0 Å². The largest absolute Gasteiger partial charge is 0.489 e. The van der Waals surface area contributed by atoms with Crippen LogP contribution in [0.4, 0.5) is 27.4 Å². The van der Waals surface area contributed by atoms with E-state index in [2.05, 4.69) is 42.6 Å². The van der Waals surface area contributed by atoms with E-state index in [1.807, 2.05) is 38.1 Å². The number of ether oxygens (including phenoxy) is 2. The Balaban J connectivity index is 1.17. The average molecular weight is 668 g/mol. The third-order valence-corrected chi connectivity index (χ3v) is 8.77. The van der Waals surface area contributed by atoms with Crippen molar-refractivity contribution in [2.45, 2.75) is 40.0 Å². The van der Waals surface area contributed by atoms with E-state index in [4.69, 9.17) is 9.47 Å². The summed E-state index contributed by atoms with van der Waals surface area (Å²) < 4.78 is 27.0. The number of aryl methyl sites for hydroxylation is 3. The van der Waals surface area contributed by atoms with Gasteiger partial charge in [0.15, 0.2) is 11.6 Å². The number of hydrogen-bond donors (Lipinski definition) is 3. The first kappa shape index (κ1) is 33.8. The lowest BCUT2D eigenvalue weighted by molar-refractivity contribution is -0.116. The van der Waals surface area contributed by atoms with E-state index in [9.17, 15) is 9.59 Å². The number of halogens is 1. The number of nitrogens with zero attached hydrogens (tertiary/aromatic N) is 4. The smallest absolute Gasteiger partial charge is 0.262 e. The van der Waals surface area contributed by atoms with Crippen molar-refractivity contribution in [1.29, 1.82) is 0 Å². The van der Waals surface area contributed by atoms with E-state index >= 15 is 4.39 Å². The number of carbonyl (C=O) groups excluding carboxylic acids is 2. The Kier molecular flexibility index (Phi) is 10.7. The van der Waals surface area contributed by atoms with Crippen molar-refractivity contribution >= 4 is 34.8 Å². The predicted octanol–water partition coefficient (Wildman–Crippen LogP) is 6.31. The zero-order chi connectivity index (χ0) is 34.3. The molecule has 3 heterocycles. The van der Waals surface area contributed by atoms with Gasteiger partial charge in [0.25, 0.3) is 5.91 Å². The minimum Gasteiger partial charge on any atom is -0.489 e. The number of anilines is 4. The third kappa shape index (κ3) is 8.51. The lowest BCUT2D eigenvalue weighted by Crippen LogP contribution is -2.47. The van der Waals surface area contributed by atoms with Gasteiger partial charge in [-0.1, -0.05) is 31.2 Å². The summed E-state index contributed by atoms with van der Waals surface area (Å²) >= 11 is 0. The first-order valence-electron chi connectivity index (χ1n) is 16.7. The Hall–Kier alpha value is -5.07. The maximum absolute atomic E-state index is 15.1. The fourth-order valence-electron chi connectivity index (χ4n) is 6.04. The SMILES string of the molecule is CCCN1CCN(CCOc2ccc(Nc3ncc(C(=O)Nc4c(C)cccc4C)c(Oc4ccc5c(c4)NC(=O)CC5)n3)cc2F)CC1. The Bertz CT molecular complexity index is 1810. The normalized spacial score (nSPS) is 14.9. The van der Waals surface area contributed by atoms with Gasteiger partial charge in [0.2, 0.25) is 17.7 Å². The summed E-state index contributed by atoms with van der Waals surface area (Å²) in [7, 11) is 0. The van der Waals surface area contributed by atoms with Crippen molar-refractivity contribution < 1.29 is 23.5 Å². The quantitative estimate of drug-likeness (QED) is 0.160. The molecule has 256 valence electrons. The molecular formula is C37H42FN7O4. The molecule has 0 bridgehead atoms. The maximum Gasteiger partial charge on any atom is 0.262 e. The second-order valence-corrected chi connectivity index (χ2v) is 12.4. The summed E-state index contributed by atoms with van der Waals surface area (Å²) in [6.45, 7) is 12.3. The predicted molar refractivity (Wildman–Crippen MR) is 188 cm³/mol. The molecule has 0 radical (unpaired) electrons. The highest BCUT2D eigenvalue weighted by molar-refractivity contribution is 6.06. The van der Waals surface area contributed by atoms with Gasteiger partial charge >= 0.3 is 0 Å². The highest BCUT2D eigenvalue weighted by Crippen LogP contribution is 2.32. The molecular weight excluding hydrogens is 625 g/mol. The highest BCUT2D eigenvalue weighted by atomic mass is 19.1. The van der Waals surface area contributed by atoms with Gasteiger partial charge in [0, 0.05) is 74.5 Å². The molecule has 0 saturated carbocycles. The highest BCUT2D eigenvalue weighted by Gasteiger charge is 2.21. The van der Waals surface area contributed by atoms with Crippen molar-refractivity contribution in [3.05, 3.63) is 88.9 Å². The Labute approximate surface area is 285 Å². The van der Waals surface area contributed by atoms with Crippen LogP contribution >= 0.6 is 0 Å². The summed E-state index contributed by atoms with van der Waals surface area (Å²) in [5.74, 6) is -0.424. The molecule has 2 aliphatic rings. The Morgan fingerprint density at radius 1 is 0.980 bits per heavy atom. The van der Waals surface area contributed by atoms with Crippen molar-refractivity contribution in [1.82, 2.24) is 19.8 Å². The fraction of sp³-hybridized carbons (Fsp3) is 0.351. The van der Waals surface area contributed by atoms with Crippen LogP contribution < -0.4 is 25.4 Å². The molecule has 0 aliphatic carbocycles. The molecule has 1 aromatic heterocycles. The van der Waals surface area contributed by atoms with E-state index in [1.165, 1.54) is 12.3 Å². The molecule has 0 atom stereocenters. The van der Waals surface area contributed by atoms with Crippen LogP contribution in [0.2, 0.25) is 0 Å². The molecule has 11 nitrogen and oxygen atoms in total. The average Bonchev–Trinajstić information content (AvgIpc) is 3.08. The molecule has 1 fully saturated rings. The summed E-state index contributed by atoms with van der Waals surface area (Å²) in [6, 6.07) is 15.7. The molecule has 49 heavy (non-hydrogen) atoms. The van der Waals surface area contributed by atoms with Crippen LogP contribution in [0, 0.1) is 19.7 Å². The summed E-state index contributed by atoms with van der Waals surface area (Å²) in [5.41, 5.74) is 4.62. The summed E-state index contributed by atoms with van der Waals surface area (Å²) in [6.07, 6.45) is 3.57. The first-order valence-corrected chi connectivity index (χ1v) is 16.7. The van der Waals surface area contributed by atoms with Gasteiger partial charge in [-0.2, -0.15) is 4.98 Å². The van der Waals surface area contributed by atoms with Crippen molar-refractivity contribution in [3.63, 3.8) is 0 Å². The molecule has 3 aromatic carbocycles. The molecule has 6 rings (SSSR count). The molecule has 0 unspecified atom stereocenters. The minimum atomic E-state index is -0.519. The minimum absolute atomic E-state index is 0.0146. The fourth-order valence-corrected chi connectivity index (χ4v) is 6.04. The monoisotopic (exact) mass is 667 g/mol.